The van der Waals surface area contributed by atoms with Crippen molar-refractivity contribution in [3.05, 3.63) is 0 Å². The Morgan fingerprint density at radius 3 is 2.15 bits per heavy atom. The molecular formula is C10H16O3. The van der Waals surface area contributed by atoms with E-state index in [0.717, 1.165) is 32.1 Å². The van der Waals surface area contributed by atoms with Gasteiger partial charge in [0, 0.05) is 0 Å². The Balaban J connectivity index is 2.15. The van der Waals surface area contributed by atoms with Crippen molar-refractivity contribution in [2.75, 3.05) is 0 Å². The molecule has 1 unspecified atom stereocenters. The Kier molecular flexibility index (Phi) is 1.88. The van der Waals surface area contributed by atoms with Gasteiger partial charge in [0.2, 0.25) is 0 Å². The van der Waals surface area contributed by atoms with E-state index in [2.05, 4.69) is 0 Å². The van der Waals surface area contributed by atoms with Crippen LogP contribution < -0.4 is 0 Å². The number of carboxylic acid groups (broad SMARTS) is 1. The van der Waals surface area contributed by atoms with Gasteiger partial charge in [-0.05, 0) is 37.5 Å². The van der Waals surface area contributed by atoms with E-state index in [1.54, 1.807) is 0 Å². The van der Waals surface area contributed by atoms with Crippen molar-refractivity contribution in [2.24, 2.45) is 5.41 Å². The lowest BCUT2D eigenvalue weighted by Crippen LogP contribution is -2.49. The topological polar surface area (TPSA) is 57.5 Å². The molecule has 2 aliphatic rings. The van der Waals surface area contributed by atoms with Gasteiger partial charge in [0.1, 0.15) is 0 Å². The number of aliphatic carboxylic acids is 1. The average molecular weight is 184 g/mol. The highest BCUT2D eigenvalue weighted by molar-refractivity contribution is 5.68. The van der Waals surface area contributed by atoms with Crippen LogP contribution in [0.3, 0.4) is 0 Å². The fourth-order valence-electron chi connectivity index (χ4n) is 3.06. The van der Waals surface area contributed by atoms with Crippen molar-refractivity contribution in [2.45, 2.75) is 50.5 Å². The molecule has 0 bridgehead atoms. The number of rotatable bonds is 2. The Morgan fingerprint density at radius 1 is 1.15 bits per heavy atom. The molecule has 1 atom stereocenters. The summed E-state index contributed by atoms with van der Waals surface area (Å²) >= 11 is 0. The lowest BCUT2D eigenvalue weighted by Gasteiger charge is -2.48. The van der Waals surface area contributed by atoms with Crippen LogP contribution in [-0.2, 0) is 4.79 Å². The second-order valence-electron chi connectivity index (χ2n) is 4.59. The maximum atomic E-state index is 10.6. The fraction of sp³-hybridized carbons (Fsp3) is 0.900. The molecule has 0 aliphatic heterocycles. The summed E-state index contributed by atoms with van der Waals surface area (Å²) < 4.78 is 0. The van der Waals surface area contributed by atoms with Gasteiger partial charge in [0.25, 0.3) is 0 Å². The molecule has 0 aromatic rings. The summed E-state index contributed by atoms with van der Waals surface area (Å²) in [5.41, 5.74) is -0.914. The van der Waals surface area contributed by atoms with Gasteiger partial charge >= 0.3 is 5.97 Å². The molecule has 0 saturated heterocycles. The predicted molar refractivity (Wildman–Crippen MR) is 47.3 cm³/mol. The van der Waals surface area contributed by atoms with E-state index in [1.807, 2.05) is 0 Å². The first-order chi connectivity index (χ1) is 6.08. The first kappa shape index (κ1) is 9.00. The summed E-state index contributed by atoms with van der Waals surface area (Å²) in [5.74, 6) is -0.865. The number of aliphatic hydroxyl groups is 1. The van der Waals surface area contributed by atoms with Crippen molar-refractivity contribution in [3.8, 4) is 0 Å². The van der Waals surface area contributed by atoms with Crippen LogP contribution in [-0.4, -0.2) is 21.8 Å². The third kappa shape index (κ3) is 1.17. The van der Waals surface area contributed by atoms with Crippen molar-refractivity contribution in [3.63, 3.8) is 0 Å². The number of hydrogen-bond acceptors (Lipinski definition) is 2. The molecule has 2 rings (SSSR count). The van der Waals surface area contributed by atoms with Gasteiger partial charge in [-0.1, -0.05) is 6.42 Å². The highest BCUT2D eigenvalue weighted by Crippen LogP contribution is 2.59. The third-order valence-corrected chi connectivity index (χ3v) is 3.99. The molecule has 74 valence electrons. The number of hydrogen-bond donors (Lipinski definition) is 2. The van der Waals surface area contributed by atoms with E-state index >= 15 is 0 Å². The highest BCUT2D eigenvalue weighted by atomic mass is 16.4. The molecule has 0 aromatic heterocycles. The monoisotopic (exact) mass is 184 g/mol. The average Bonchev–Trinajstić information content (AvgIpc) is 2.23. The number of carbonyl (C=O) groups is 1. The summed E-state index contributed by atoms with van der Waals surface area (Å²) in [6.07, 6.45) is 5.84. The molecule has 2 N–H and O–H groups in total. The van der Waals surface area contributed by atoms with E-state index < -0.39 is 11.6 Å². The normalized spacial score (nSPS) is 36.1. The highest BCUT2D eigenvalue weighted by Gasteiger charge is 2.57. The zero-order valence-corrected chi connectivity index (χ0v) is 7.75. The Labute approximate surface area is 77.8 Å². The molecule has 0 amide bonds. The van der Waals surface area contributed by atoms with E-state index in [1.165, 1.54) is 0 Å². The maximum absolute atomic E-state index is 10.6. The molecule has 13 heavy (non-hydrogen) atoms. The smallest absolute Gasteiger partial charge is 0.306 e. The minimum Gasteiger partial charge on any atom is -0.481 e. The summed E-state index contributed by atoms with van der Waals surface area (Å²) in [6.45, 7) is 0. The van der Waals surface area contributed by atoms with Crippen molar-refractivity contribution in [1.82, 2.24) is 0 Å². The summed E-state index contributed by atoms with van der Waals surface area (Å²) in [4.78, 5) is 10.6. The molecule has 3 heteroatoms. The first-order valence-corrected chi connectivity index (χ1v) is 5.02. The first-order valence-electron chi connectivity index (χ1n) is 5.02. The minimum atomic E-state index is -0.892. The van der Waals surface area contributed by atoms with Crippen LogP contribution in [0.5, 0.6) is 0 Å². The standard InChI is InChI=1S/C10H16O3/c11-8(12)7-10(13)6-2-5-9(10)3-1-4-9/h13H,1-7H2,(H,11,12). The zero-order valence-electron chi connectivity index (χ0n) is 7.75. The van der Waals surface area contributed by atoms with Gasteiger partial charge < -0.3 is 10.2 Å². The summed E-state index contributed by atoms with van der Waals surface area (Å²) in [5, 5.41) is 19.0. The van der Waals surface area contributed by atoms with Crippen molar-refractivity contribution in [1.29, 1.82) is 0 Å². The largest absolute Gasteiger partial charge is 0.481 e. The van der Waals surface area contributed by atoms with Gasteiger partial charge in [0.05, 0.1) is 12.0 Å². The SMILES string of the molecule is O=C(O)CC1(O)CCCC12CCC2. The van der Waals surface area contributed by atoms with E-state index in [4.69, 9.17) is 5.11 Å². The minimum absolute atomic E-state index is 0.0224. The van der Waals surface area contributed by atoms with E-state index in [0.29, 0.717) is 6.42 Å². The van der Waals surface area contributed by atoms with Crippen LogP contribution in [0.1, 0.15) is 44.9 Å². The zero-order chi connectivity index (χ0) is 9.53. The van der Waals surface area contributed by atoms with Crippen LogP contribution in [0.15, 0.2) is 0 Å². The molecule has 0 heterocycles. The van der Waals surface area contributed by atoms with E-state index in [-0.39, 0.29) is 11.8 Å². The fourth-order valence-corrected chi connectivity index (χ4v) is 3.06. The quantitative estimate of drug-likeness (QED) is 0.684. The van der Waals surface area contributed by atoms with Crippen LogP contribution in [0.25, 0.3) is 0 Å². The van der Waals surface area contributed by atoms with Gasteiger partial charge in [0.15, 0.2) is 0 Å². The lowest BCUT2D eigenvalue weighted by atomic mass is 9.59. The van der Waals surface area contributed by atoms with E-state index in [9.17, 15) is 9.90 Å². The van der Waals surface area contributed by atoms with Gasteiger partial charge in [-0.15, -0.1) is 0 Å². The van der Waals surface area contributed by atoms with Gasteiger partial charge in [-0.25, -0.2) is 0 Å². The Bertz CT molecular complexity index is 232. The summed E-state index contributed by atoms with van der Waals surface area (Å²) in [7, 11) is 0. The van der Waals surface area contributed by atoms with Gasteiger partial charge in [-0.3, -0.25) is 4.79 Å². The van der Waals surface area contributed by atoms with Crippen LogP contribution in [0.2, 0.25) is 0 Å². The Morgan fingerprint density at radius 2 is 1.69 bits per heavy atom. The van der Waals surface area contributed by atoms with Crippen LogP contribution in [0, 0.1) is 5.41 Å². The Hall–Kier alpha value is -0.570. The molecule has 2 fully saturated rings. The number of carboxylic acids is 1. The molecule has 2 aliphatic carbocycles. The van der Waals surface area contributed by atoms with Crippen molar-refractivity contribution < 1.29 is 15.0 Å². The molecule has 2 saturated carbocycles. The molecule has 0 aromatic carbocycles. The summed E-state index contributed by atoms with van der Waals surface area (Å²) in [6, 6.07) is 0. The van der Waals surface area contributed by atoms with Crippen molar-refractivity contribution >= 4 is 5.97 Å². The van der Waals surface area contributed by atoms with Gasteiger partial charge in [-0.2, -0.15) is 0 Å². The predicted octanol–water partition coefficient (Wildman–Crippen LogP) is 1.55. The molecule has 1 spiro atoms. The second-order valence-corrected chi connectivity index (χ2v) is 4.59. The molecule has 3 nitrogen and oxygen atoms in total. The third-order valence-electron chi connectivity index (χ3n) is 3.99. The second kappa shape index (κ2) is 2.71. The van der Waals surface area contributed by atoms with Crippen LogP contribution in [0.4, 0.5) is 0 Å². The molecule has 0 radical (unpaired) electrons. The maximum Gasteiger partial charge on any atom is 0.306 e. The van der Waals surface area contributed by atoms with Crippen LogP contribution >= 0.6 is 0 Å². The molecular weight excluding hydrogens is 168 g/mol. The lowest BCUT2D eigenvalue weighted by molar-refractivity contribution is -0.155.